The fourth-order valence-corrected chi connectivity index (χ4v) is 4.89. The van der Waals surface area contributed by atoms with Gasteiger partial charge in [0, 0.05) is 0 Å². The average molecular weight is 315 g/mol. The Hall–Kier alpha value is -1.35. The Kier molecular flexibility index (Phi) is 2.40. The monoisotopic (exact) mass is 316 g/mol. The number of rotatable bonds is 0. The van der Waals surface area contributed by atoms with E-state index in [0.717, 1.165) is 5.69 Å². The molecular formula is C14H8N2SSe. The van der Waals surface area contributed by atoms with Gasteiger partial charge in [0.05, 0.1) is 0 Å². The van der Waals surface area contributed by atoms with Crippen LogP contribution < -0.4 is 0 Å². The molecule has 0 spiro atoms. The Bertz CT molecular complexity index is 676. The van der Waals surface area contributed by atoms with Gasteiger partial charge in [0.25, 0.3) is 0 Å². The molecule has 2 nitrogen and oxygen atoms in total. The topological polar surface area (TPSA) is 25.8 Å². The first-order valence-electron chi connectivity index (χ1n) is 5.62. The average Bonchev–Trinajstić information content (AvgIpc) is 2.84. The van der Waals surface area contributed by atoms with Crippen LogP contribution in [0, 0.1) is 0 Å². The molecule has 0 saturated carbocycles. The van der Waals surface area contributed by atoms with E-state index < -0.39 is 0 Å². The quantitative estimate of drug-likeness (QED) is 0.466. The first kappa shape index (κ1) is 10.6. The Morgan fingerprint density at radius 3 is 2.33 bits per heavy atom. The van der Waals surface area contributed by atoms with E-state index in [1.165, 1.54) is 25.4 Å². The fraction of sp³-hybridized carbons (Fsp3) is 0. The fourth-order valence-electron chi connectivity index (χ4n) is 2.16. The molecule has 1 aromatic heterocycles. The number of aromatic nitrogens is 2. The molecule has 4 heteroatoms. The third-order valence-electron chi connectivity index (χ3n) is 2.98. The minimum absolute atomic E-state index is 0.115. The van der Waals surface area contributed by atoms with E-state index in [1.54, 1.807) is 0 Å². The Balaban J connectivity index is 2.12. The number of fused-ring (bicyclic) bond motifs is 5. The summed E-state index contributed by atoms with van der Waals surface area (Å²) in [5.41, 5.74) is 3.60. The molecule has 3 aromatic rings. The SMILES string of the molecule is c1ccc2c(c1)Sc1ccccc1-c1[se]nnc1-2. The third-order valence-corrected chi connectivity index (χ3v) is 5.73. The van der Waals surface area contributed by atoms with E-state index in [0.29, 0.717) is 0 Å². The van der Waals surface area contributed by atoms with Crippen LogP contribution in [-0.4, -0.2) is 23.9 Å². The summed E-state index contributed by atoms with van der Waals surface area (Å²) in [6.45, 7) is 0. The molecule has 0 radical (unpaired) electrons. The minimum atomic E-state index is 0.115. The molecule has 0 aliphatic carbocycles. The Morgan fingerprint density at radius 1 is 0.833 bits per heavy atom. The molecule has 2 heterocycles. The summed E-state index contributed by atoms with van der Waals surface area (Å²) in [5, 5.41) is 4.38. The first-order chi connectivity index (χ1) is 8.93. The van der Waals surface area contributed by atoms with Crippen molar-refractivity contribution >= 4 is 26.5 Å². The molecule has 0 unspecified atom stereocenters. The molecule has 4 rings (SSSR count). The van der Waals surface area contributed by atoms with E-state index in [4.69, 9.17) is 0 Å². The van der Waals surface area contributed by atoms with Gasteiger partial charge in [-0.05, 0) is 0 Å². The predicted octanol–water partition coefficient (Wildman–Crippen LogP) is 3.33. The van der Waals surface area contributed by atoms with Crippen LogP contribution in [0.4, 0.5) is 0 Å². The number of hydrogen-bond donors (Lipinski definition) is 0. The van der Waals surface area contributed by atoms with E-state index in [1.807, 2.05) is 11.8 Å². The van der Waals surface area contributed by atoms with Gasteiger partial charge in [-0.3, -0.25) is 0 Å². The zero-order valence-electron chi connectivity index (χ0n) is 9.33. The van der Waals surface area contributed by atoms with Crippen molar-refractivity contribution in [3.8, 4) is 21.3 Å². The van der Waals surface area contributed by atoms with Crippen molar-refractivity contribution in [1.82, 2.24) is 9.19 Å². The molecule has 0 saturated heterocycles. The van der Waals surface area contributed by atoms with Crippen molar-refractivity contribution in [2.75, 3.05) is 0 Å². The normalized spacial score (nSPS) is 12.2. The molecule has 0 atom stereocenters. The molecule has 1 aliphatic rings. The van der Waals surface area contributed by atoms with Gasteiger partial charge in [-0.2, -0.15) is 0 Å². The van der Waals surface area contributed by atoms with Gasteiger partial charge in [-0.15, -0.1) is 0 Å². The second-order valence-corrected chi connectivity index (χ2v) is 6.71. The molecular weight excluding hydrogens is 307 g/mol. The molecule has 0 fully saturated rings. The third kappa shape index (κ3) is 1.50. The van der Waals surface area contributed by atoms with E-state index in [2.05, 4.69) is 57.7 Å². The summed E-state index contributed by atoms with van der Waals surface area (Å²) in [5.74, 6) is 0. The summed E-state index contributed by atoms with van der Waals surface area (Å²) < 4.78 is 5.59. The van der Waals surface area contributed by atoms with Gasteiger partial charge in [0.1, 0.15) is 0 Å². The van der Waals surface area contributed by atoms with Gasteiger partial charge in [0.15, 0.2) is 0 Å². The predicted molar refractivity (Wildman–Crippen MR) is 74.0 cm³/mol. The molecule has 18 heavy (non-hydrogen) atoms. The first-order valence-corrected chi connectivity index (χ1v) is 8.06. The van der Waals surface area contributed by atoms with Crippen LogP contribution in [0.3, 0.4) is 0 Å². The summed E-state index contributed by atoms with van der Waals surface area (Å²) >= 11 is 1.94. The van der Waals surface area contributed by atoms with Crippen LogP contribution in [0.25, 0.3) is 21.3 Å². The van der Waals surface area contributed by atoms with Crippen molar-refractivity contribution < 1.29 is 0 Å². The summed E-state index contributed by atoms with van der Waals surface area (Å²) in [7, 11) is 0. The zero-order chi connectivity index (χ0) is 11.9. The van der Waals surface area contributed by atoms with Crippen LogP contribution in [-0.2, 0) is 0 Å². The molecule has 1 aliphatic heterocycles. The van der Waals surface area contributed by atoms with Crippen molar-refractivity contribution in [2.24, 2.45) is 0 Å². The van der Waals surface area contributed by atoms with E-state index in [-0.39, 0.29) is 14.7 Å². The van der Waals surface area contributed by atoms with Gasteiger partial charge >= 0.3 is 115 Å². The zero-order valence-corrected chi connectivity index (χ0v) is 11.9. The maximum absolute atomic E-state index is 4.38. The molecule has 86 valence electrons. The van der Waals surface area contributed by atoms with Gasteiger partial charge in [-0.25, -0.2) is 0 Å². The van der Waals surface area contributed by atoms with Gasteiger partial charge in [-0.1, -0.05) is 0 Å². The summed E-state index contributed by atoms with van der Waals surface area (Å²) in [6, 6.07) is 17.0. The summed E-state index contributed by atoms with van der Waals surface area (Å²) in [4.78, 5) is 2.58. The van der Waals surface area contributed by atoms with Gasteiger partial charge < -0.3 is 0 Å². The van der Waals surface area contributed by atoms with Crippen LogP contribution in [0.5, 0.6) is 0 Å². The van der Waals surface area contributed by atoms with Crippen molar-refractivity contribution in [2.45, 2.75) is 9.79 Å². The van der Waals surface area contributed by atoms with Crippen LogP contribution in [0.1, 0.15) is 0 Å². The summed E-state index contributed by atoms with van der Waals surface area (Å²) in [6.07, 6.45) is 0. The molecule has 2 aromatic carbocycles. The molecule has 0 N–H and O–H groups in total. The van der Waals surface area contributed by atoms with Crippen molar-refractivity contribution in [3.63, 3.8) is 0 Å². The Labute approximate surface area is 115 Å². The van der Waals surface area contributed by atoms with Crippen LogP contribution >= 0.6 is 11.8 Å². The number of benzene rings is 2. The van der Waals surface area contributed by atoms with Crippen molar-refractivity contribution in [3.05, 3.63) is 48.5 Å². The maximum atomic E-state index is 4.38. The van der Waals surface area contributed by atoms with Crippen LogP contribution in [0.15, 0.2) is 58.3 Å². The van der Waals surface area contributed by atoms with Crippen LogP contribution in [0.2, 0.25) is 0 Å². The Morgan fingerprint density at radius 2 is 1.50 bits per heavy atom. The van der Waals surface area contributed by atoms with Crippen molar-refractivity contribution in [1.29, 1.82) is 0 Å². The van der Waals surface area contributed by atoms with E-state index in [9.17, 15) is 0 Å². The number of hydrogen-bond acceptors (Lipinski definition) is 3. The molecule has 0 amide bonds. The molecule has 0 bridgehead atoms. The second-order valence-electron chi connectivity index (χ2n) is 4.05. The standard InChI is InChI=1S/C14H8N2SSe/c1-3-7-11-9(5-1)13-14(18-16-15-13)10-6-2-4-8-12(10)17-11/h1-8H. The van der Waals surface area contributed by atoms with Gasteiger partial charge in [0.2, 0.25) is 0 Å². The van der Waals surface area contributed by atoms with E-state index >= 15 is 0 Å². The number of nitrogens with zero attached hydrogens (tertiary/aromatic N) is 2. The second kappa shape index (κ2) is 4.09.